The summed E-state index contributed by atoms with van der Waals surface area (Å²) in [5.41, 5.74) is 5.55. The van der Waals surface area contributed by atoms with Gasteiger partial charge >= 0.3 is 0 Å². The fraction of sp³-hybridized carbons (Fsp3) is 0.286. The van der Waals surface area contributed by atoms with Gasteiger partial charge in [-0.1, -0.05) is 6.58 Å². The van der Waals surface area contributed by atoms with Crippen LogP contribution in [0.4, 0.5) is 0 Å². The van der Waals surface area contributed by atoms with E-state index < -0.39 is 0 Å². The Morgan fingerprint density at radius 3 is 3.18 bits per heavy atom. The van der Waals surface area contributed by atoms with E-state index in [1.807, 2.05) is 6.92 Å². The van der Waals surface area contributed by atoms with Crippen molar-refractivity contribution in [1.29, 1.82) is 0 Å². The van der Waals surface area contributed by atoms with E-state index in [4.69, 9.17) is 5.84 Å². The van der Waals surface area contributed by atoms with Crippen molar-refractivity contribution in [2.45, 2.75) is 13.5 Å². The van der Waals surface area contributed by atoms with Crippen LogP contribution in [0.1, 0.15) is 18.2 Å². The Labute approximate surface area is 65.5 Å². The molecule has 0 atom stereocenters. The molecule has 1 aromatic heterocycles. The minimum Gasteiger partial charge on any atom is -0.281 e. The first-order valence-electron chi connectivity index (χ1n) is 3.37. The fourth-order valence-corrected chi connectivity index (χ4v) is 0.917. The van der Waals surface area contributed by atoms with Crippen molar-refractivity contribution >= 4 is 5.57 Å². The average molecular weight is 152 g/mol. The van der Waals surface area contributed by atoms with Gasteiger partial charge in [0, 0.05) is 5.56 Å². The third-order valence-corrected chi connectivity index (χ3v) is 1.46. The summed E-state index contributed by atoms with van der Waals surface area (Å²) in [4.78, 5) is 0. The first kappa shape index (κ1) is 7.97. The molecule has 0 saturated heterocycles. The molecule has 0 aromatic carbocycles. The van der Waals surface area contributed by atoms with Gasteiger partial charge in [0.2, 0.25) is 0 Å². The number of allylic oxidation sites excluding steroid dienone is 1. The van der Waals surface area contributed by atoms with Gasteiger partial charge in [0.1, 0.15) is 0 Å². The molecule has 0 fully saturated rings. The highest BCUT2D eigenvalue weighted by Crippen LogP contribution is 2.13. The zero-order chi connectivity index (χ0) is 8.27. The SMILES string of the molecule is C=C(C)c1cn[nH]c1CNN. The second-order valence-electron chi connectivity index (χ2n) is 2.42. The lowest BCUT2D eigenvalue weighted by atomic mass is 10.1. The molecular formula is C7H12N4. The molecule has 0 bridgehead atoms. The molecule has 0 spiro atoms. The molecule has 0 aliphatic carbocycles. The summed E-state index contributed by atoms with van der Waals surface area (Å²) < 4.78 is 0. The van der Waals surface area contributed by atoms with Crippen molar-refractivity contribution in [1.82, 2.24) is 15.6 Å². The van der Waals surface area contributed by atoms with Crippen LogP contribution in [0, 0.1) is 0 Å². The average Bonchev–Trinajstić information content (AvgIpc) is 2.36. The van der Waals surface area contributed by atoms with Crippen molar-refractivity contribution in [3.63, 3.8) is 0 Å². The Balaban J connectivity index is 2.87. The lowest BCUT2D eigenvalue weighted by molar-refractivity contribution is 0.718. The molecule has 4 heteroatoms. The van der Waals surface area contributed by atoms with Crippen molar-refractivity contribution in [3.8, 4) is 0 Å². The van der Waals surface area contributed by atoms with E-state index in [1.54, 1.807) is 6.20 Å². The Hall–Kier alpha value is -1.13. The third kappa shape index (κ3) is 1.66. The summed E-state index contributed by atoms with van der Waals surface area (Å²) in [5, 5.41) is 6.72. The summed E-state index contributed by atoms with van der Waals surface area (Å²) in [7, 11) is 0. The van der Waals surface area contributed by atoms with Gasteiger partial charge in [-0.2, -0.15) is 5.10 Å². The maximum atomic E-state index is 5.16. The zero-order valence-electron chi connectivity index (χ0n) is 6.52. The number of nitrogens with one attached hydrogen (secondary N) is 2. The highest BCUT2D eigenvalue weighted by molar-refractivity contribution is 5.62. The Morgan fingerprint density at radius 2 is 2.64 bits per heavy atom. The van der Waals surface area contributed by atoms with Crippen LogP contribution in [-0.4, -0.2) is 10.2 Å². The van der Waals surface area contributed by atoms with Crippen LogP contribution < -0.4 is 11.3 Å². The van der Waals surface area contributed by atoms with Gasteiger partial charge in [-0.05, 0) is 12.5 Å². The highest BCUT2D eigenvalue weighted by atomic mass is 15.2. The van der Waals surface area contributed by atoms with E-state index in [2.05, 4.69) is 22.2 Å². The molecule has 0 aliphatic rings. The molecule has 0 aliphatic heterocycles. The molecule has 4 N–H and O–H groups in total. The van der Waals surface area contributed by atoms with E-state index in [9.17, 15) is 0 Å². The van der Waals surface area contributed by atoms with Crippen LogP contribution in [0.15, 0.2) is 12.8 Å². The predicted molar refractivity (Wildman–Crippen MR) is 44.3 cm³/mol. The van der Waals surface area contributed by atoms with E-state index in [0.29, 0.717) is 6.54 Å². The van der Waals surface area contributed by atoms with E-state index in [0.717, 1.165) is 16.8 Å². The summed E-state index contributed by atoms with van der Waals surface area (Å²) in [6, 6.07) is 0. The molecule has 4 nitrogen and oxygen atoms in total. The van der Waals surface area contributed by atoms with Gasteiger partial charge in [0.05, 0.1) is 18.4 Å². The van der Waals surface area contributed by atoms with Crippen LogP contribution in [0.2, 0.25) is 0 Å². The Bertz CT molecular complexity index is 251. The fourth-order valence-electron chi connectivity index (χ4n) is 0.917. The van der Waals surface area contributed by atoms with Crippen molar-refractivity contribution in [3.05, 3.63) is 24.0 Å². The summed E-state index contributed by atoms with van der Waals surface area (Å²) >= 11 is 0. The minimum absolute atomic E-state index is 0.586. The Morgan fingerprint density at radius 1 is 1.91 bits per heavy atom. The van der Waals surface area contributed by atoms with Gasteiger partial charge in [-0.25, -0.2) is 0 Å². The van der Waals surface area contributed by atoms with Crippen molar-refractivity contribution in [2.24, 2.45) is 5.84 Å². The summed E-state index contributed by atoms with van der Waals surface area (Å²) in [6.45, 7) is 6.33. The minimum atomic E-state index is 0.586. The van der Waals surface area contributed by atoms with E-state index >= 15 is 0 Å². The standard InChI is InChI=1S/C7H12N4/c1-5(2)6-3-10-11-7(6)4-9-8/h3,9H,1,4,8H2,2H3,(H,10,11). The number of hydrogen-bond donors (Lipinski definition) is 3. The zero-order valence-corrected chi connectivity index (χ0v) is 6.52. The lowest BCUT2D eigenvalue weighted by Gasteiger charge is -1.99. The molecule has 0 saturated carbocycles. The first-order valence-corrected chi connectivity index (χ1v) is 3.37. The number of aromatic amines is 1. The maximum absolute atomic E-state index is 5.16. The molecule has 11 heavy (non-hydrogen) atoms. The van der Waals surface area contributed by atoms with Crippen LogP contribution in [0.5, 0.6) is 0 Å². The highest BCUT2D eigenvalue weighted by Gasteiger charge is 2.03. The van der Waals surface area contributed by atoms with Gasteiger partial charge in [-0.3, -0.25) is 16.4 Å². The molecule has 1 rings (SSSR count). The molecule has 1 aromatic rings. The molecule has 0 amide bonds. The quantitative estimate of drug-likeness (QED) is 0.434. The lowest BCUT2D eigenvalue weighted by Crippen LogP contribution is -2.21. The topological polar surface area (TPSA) is 66.7 Å². The van der Waals surface area contributed by atoms with Crippen molar-refractivity contribution < 1.29 is 0 Å². The van der Waals surface area contributed by atoms with Crippen LogP contribution >= 0.6 is 0 Å². The van der Waals surface area contributed by atoms with Gasteiger partial charge in [0.25, 0.3) is 0 Å². The summed E-state index contributed by atoms with van der Waals surface area (Å²) in [5.74, 6) is 5.16. The molecule has 1 heterocycles. The smallest absolute Gasteiger partial charge is 0.0578 e. The van der Waals surface area contributed by atoms with Crippen LogP contribution in [0.25, 0.3) is 5.57 Å². The second-order valence-corrected chi connectivity index (χ2v) is 2.42. The monoisotopic (exact) mass is 152 g/mol. The van der Waals surface area contributed by atoms with Gasteiger partial charge in [0.15, 0.2) is 0 Å². The summed E-state index contributed by atoms with van der Waals surface area (Å²) in [6.07, 6.45) is 1.75. The molecule has 0 radical (unpaired) electrons. The van der Waals surface area contributed by atoms with Crippen LogP contribution in [0.3, 0.4) is 0 Å². The number of H-pyrrole nitrogens is 1. The second kappa shape index (κ2) is 3.32. The number of hydrazine groups is 1. The Kier molecular flexibility index (Phi) is 2.40. The number of nitrogens with zero attached hydrogens (tertiary/aromatic N) is 1. The molecule has 60 valence electrons. The maximum Gasteiger partial charge on any atom is 0.0578 e. The van der Waals surface area contributed by atoms with E-state index in [-0.39, 0.29) is 0 Å². The van der Waals surface area contributed by atoms with E-state index in [1.165, 1.54) is 0 Å². The van der Waals surface area contributed by atoms with Crippen molar-refractivity contribution in [2.75, 3.05) is 0 Å². The normalized spacial score (nSPS) is 10.0. The number of rotatable bonds is 3. The largest absolute Gasteiger partial charge is 0.281 e. The number of nitrogens with two attached hydrogens (primary N) is 1. The first-order chi connectivity index (χ1) is 5.25. The van der Waals surface area contributed by atoms with Gasteiger partial charge < -0.3 is 0 Å². The number of hydrogen-bond acceptors (Lipinski definition) is 3. The molecule has 0 unspecified atom stereocenters. The van der Waals surface area contributed by atoms with Crippen LogP contribution in [-0.2, 0) is 6.54 Å². The molecular weight excluding hydrogens is 140 g/mol. The van der Waals surface area contributed by atoms with Gasteiger partial charge in [-0.15, -0.1) is 0 Å². The number of aromatic nitrogens is 2. The third-order valence-electron chi connectivity index (χ3n) is 1.46. The predicted octanol–water partition coefficient (Wildman–Crippen LogP) is 0.406.